The van der Waals surface area contributed by atoms with Crippen LogP contribution < -0.4 is 11.2 Å². The van der Waals surface area contributed by atoms with Crippen LogP contribution in [0.15, 0.2) is 40.1 Å². The molecule has 1 aromatic carbocycles. The minimum atomic E-state index is -0.593. The summed E-state index contributed by atoms with van der Waals surface area (Å²) in [6, 6.07) is 7.12. The van der Waals surface area contributed by atoms with Crippen LogP contribution in [0.3, 0.4) is 0 Å². The lowest BCUT2D eigenvalue weighted by molar-refractivity contribution is 0.101. The maximum Gasteiger partial charge on any atom is 0.333 e. The van der Waals surface area contributed by atoms with Crippen molar-refractivity contribution >= 4 is 5.78 Å². The molecule has 1 heterocycles. The van der Waals surface area contributed by atoms with E-state index in [0.717, 1.165) is 22.7 Å². The number of carbonyl (C=O) groups excluding carboxylic acids is 1. The Labute approximate surface area is 109 Å². The minimum absolute atomic E-state index is 0.0264. The largest absolute Gasteiger partial charge is 0.333 e. The third-order valence-electron chi connectivity index (χ3n) is 2.93. The molecule has 0 aliphatic heterocycles. The zero-order chi connectivity index (χ0) is 14.0. The number of aromatic nitrogens is 2. The Hall–Kier alpha value is -2.43. The molecule has 0 radical (unpaired) electrons. The predicted octanol–water partition coefficient (Wildman–Crippen LogP) is 1.29. The number of nitrogens with zero attached hydrogens (tertiary/aromatic N) is 1. The molecule has 2 aromatic rings. The van der Waals surface area contributed by atoms with Gasteiger partial charge < -0.3 is 4.98 Å². The fourth-order valence-electron chi connectivity index (χ4n) is 1.88. The molecule has 0 atom stereocenters. The first-order chi connectivity index (χ1) is 9.04. The van der Waals surface area contributed by atoms with Gasteiger partial charge in [0.1, 0.15) is 0 Å². The summed E-state index contributed by atoms with van der Waals surface area (Å²) in [7, 11) is 0. The van der Waals surface area contributed by atoms with Gasteiger partial charge in [0.2, 0.25) is 0 Å². The molecule has 0 amide bonds. The van der Waals surface area contributed by atoms with Crippen molar-refractivity contribution in [3.05, 3.63) is 62.4 Å². The van der Waals surface area contributed by atoms with Crippen LogP contribution in [0.1, 0.15) is 29.8 Å². The zero-order valence-electron chi connectivity index (χ0n) is 10.8. The summed E-state index contributed by atoms with van der Waals surface area (Å²) in [4.78, 5) is 37.7. The van der Waals surface area contributed by atoms with E-state index in [2.05, 4.69) is 4.98 Å². The molecule has 0 saturated carbocycles. The van der Waals surface area contributed by atoms with Crippen molar-refractivity contribution in [2.24, 2.45) is 0 Å². The average molecular weight is 258 g/mol. The van der Waals surface area contributed by atoms with E-state index in [0.29, 0.717) is 5.69 Å². The Kier molecular flexibility index (Phi) is 3.46. The summed E-state index contributed by atoms with van der Waals surface area (Å²) in [6.45, 7) is 3.28. The maximum absolute atomic E-state index is 12.2. The summed E-state index contributed by atoms with van der Waals surface area (Å²) in [6.07, 6.45) is 1.96. The molecule has 5 heteroatoms. The molecule has 0 aliphatic carbocycles. The molecule has 0 spiro atoms. The zero-order valence-corrected chi connectivity index (χ0v) is 10.8. The van der Waals surface area contributed by atoms with E-state index in [1.807, 2.05) is 13.0 Å². The van der Waals surface area contributed by atoms with Gasteiger partial charge in [0.05, 0.1) is 11.3 Å². The maximum atomic E-state index is 12.2. The first kappa shape index (κ1) is 13.0. The molecule has 0 bridgehead atoms. The van der Waals surface area contributed by atoms with Crippen LogP contribution in [0, 0.1) is 0 Å². The van der Waals surface area contributed by atoms with Gasteiger partial charge in [0.15, 0.2) is 5.78 Å². The van der Waals surface area contributed by atoms with E-state index < -0.39 is 11.2 Å². The van der Waals surface area contributed by atoms with Crippen LogP contribution in [0.2, 0.25) is 0 Å². The lowest BCUT2D eigenvalue weighted by atomic mass is 10.1. The molecule has 98 valence electrons. The number of Topliss-reactive ketones (excluding diaryl/α,β-unsaturated/α-hetero) is 1. The highest BCUT2D eigenvalue weighted by atomic mass is 16.2. The van der Waals surface area contributed by atoms with Crippen LogP contribution in [-0.4, -0.2) is 15.3 Å². The molecular formula is C14H14N2O3. The standard InChI is InChI=1S/C14H14N2O3/c1-3-10-5-4-6-11(7-10)16-13(18)12(9(2)17)8-15-14(16)19/h4-8H,3H2,1-2H3,(H,15,19). The van der Waals surface area contributed by atoms with Gasteiger partial charge in [0, 0.05) is 6.20 Å². The Morgan fingerprint density at radius 3 is 2.68 bits per heavy atom. The highest BCUT2D eigenvalue weighted by molar-refractivity contribution is 5.93. The lowest BCUT2D eigenvalue weighted by Crippen LogP contribution is -2.36. The van der Waals surface area contributed by atoms with Crippen molar-refractivity contribution in [1.82, 2.24) is 9.55 Å². The van der Waals surface area contributed by atoms with Crippen molar-refractivity contribution in [3.8, 4) is 5.69 Å². The predicted molar refractivity (Wildman–Crippen MR) is 72.0 cm³/mol. The number of benzene rings is 1. The molecule has 0 saturated heterocycles. The van der Waals surface area contributed by atoms with Gasteiger partial charge in [-0.3, -0.25) is 9.59 Å². The number of carbonyl (C=O) groups is 1. The number of nitrogens with one attached hydrogen (secondary N) is 1. The highest BCUT2D eigenvalue weighted by Crippen LogP contribution is 2.07. The molecule has 5 nitrogen and oxygen atoms in total. The average Bonchev–Trinajstić information content (AvgIpc) is 2.38. The second kappa shape index (κ2) is 5.06. The van der Waals surface area contributed by atoms with E-state index in [-0.39, 0.29) is 11.3 Å². The molecule has 1 N–H and O–H groups in total. The van der Waals surface area contributed by atoms with Gasteiger partial charge >= 0.3 is 5.69 Å². The van der Waals surface area contributed by atoms with Crippen LogP contribution in [0.4, 0.5) is 0 Å². The van der Waals surface area contributed by atoms with Crippen LogP contribution >= 0.6 is 0 Å². The number of aryl methyl sites for hydroxylation is 1. The van der Waals surface area contributed by atoms with Gasteiger partial charge in [-0.15, -0.1) is 0 Å². The van der Waals surface area contributed by atoms with Crippen molar-refractivity contribution in [2.45, 2.75) is 20.3 Å². The Balaban J connectivity index is 2.74. The highest BCUT2D eigenvalue weighted by Gasteiger charge is 2.12. The van der Waals surface area contributed by atoms with E-state index in [4.69, 9.17) is 0 Å². The van der Waals surface area contributed by atoms with Gasteiger partial charge in [-0.1, -0.05) is 19.1 Å². The Morgan fingerprint density at radius 1 is 1.32 bits per heavy atom. The number of hydrogen-bond acceptors (Lipinski definition) is 3. The molecule has 0 fully saturated rings. The molecular weight excluding hydrogens is 244 g/mol. The van der Waals surface area contributed by atoms with Crippen molar-refractivity contribution < 1.29 is 4.79 Å². The van der Waals surface area contributed by atoms with E-state index in [1.165, 1.54) is 6.92 Å². The fraction of sp³-hybridized carbons (Fsp3) is 0.214. The smallest absolute Gasteiger partial charge is 0.313 e. The van der Waals surface area contributed by atoms with Crippen molar-refractivity contribution in [2.75, 3.05) is 0 Å². The third-order valence-corrected chi connectivity index (χ3v) is 2.93. The van der Waals surface area contributed by atoms with Crippen LogP contribution in [0.5, 0.6) is 0 Å². The second-order valence-electron chi connectivity index (χ2n) is 4.23. The first-order valence-electron chi connectivity index (χ1n) is 5.99. The molecule has 19 heavy (non-hydrogen) atoms. The Morgan fingerprint density at radius 2 is 2.05 bits per heavy atom. The quantitative estimate of drug-likeness (QED) is 0.843. The van der Waals surface area contributed by atoms with Gasteiger partial charge in [-0.05, 0) is 31.0 Å². The summed E-state index contributed by atoms with van der Waals surface area (Å²) in [5, 5.41) is 0. The summed E-state index contributed by atoms with van der Waals surface area (Å²) in [5.74, 6) is -0.373. The van der Waals surface area contributed by atoms with Crippen molar-refractivity contribution in [3.63, 3.8) is 0 Å². The molecule has 0 aliphatic rings. The number of hydrogen-bond donors (Lipinski definition) is 1. The SMILES string of the molecule is CCc1cccc(-n2c(=O)[nH]cc(C(C)=O)c2=O)c1. The fourth-order valence-corrected chi connectivity index (χ4v) is 1.88. The van der Waals surface area contributed by atoms with E-state index in [9.17, 15) is 14.4 Å². The molecule has 2 rings (SSSR count). The van der Waals surface area contributed by atoms with E-state index >= 15 is 0 Å². The van der Waals surface area contributed by atoms with Crippen LogP contribution in [0.25, 0.3) is 5.69 Å². The van der Waals surface area contributed by atoms with Gasteiger partial charge in [-0.2, -0.15) is 0 Å². The molecule has 1 aromatic heterocycles. The molecule has 0 unspecified atom stereocenters. The summed E-state index contributed by atoms with van der Waals surface area (Å²) >= 11 is 0. The first-order valence-corrected chi connectivity index (χ1v) is 5.99. The summed E-state index contributed by atoms with van der Waals surface area (Å²) in [5.41, 5.74) is 0.306. The lowest BCUT2D eigenvalue weighted by Gasteiger charge is -2.07. The number of aromatic amines is 1. The van der Waals surface area contributed by atoms with Gasteiger partial charge in [-0.25, -0.2) is 9.36 Å². The number of ketones is 1. The second-order valence-corrected chi connectivity index (χ2v) is 4.23. The summed E-state index contributed by atoms with van der Waals surface area (Å²) < 4.78 is 0.982. The monoisotopic (exact) mass is 258 g/mol. The van der Waals surface area contributed by atoms with E-state index in [1.54, 1.807) is 18.2 Å². The number of H-pyrrole nitrogens is 1. The third kappa shape index (κ3) is 2.40. The minimum Gasteiger partial charge on any atom is -0.313 e. The normalized spacial score (nSPS) is 10.4. The van der Waals surface area contributed by atoms with Crippen LogP contribution in [-0.2, 0) is 6.42 Å². The number of rotatable bonds is 3. The Bertz CT molecular complexity index is 741. The van der Waals surface area contributed by atoms with Crippen molar-refractivity contribution in [1.29, 1.82) is 0 Å². The van der Waals surface area contributed by atoms with Gasteiger partial charge in [0.25, 0.3) is 5.56 Å². The topological polar surface area (TPSA) is 71.9 Å².